The molecule has 1 amide bonds. The average Bonchev–Trinajstić information content (AvgIpc) is 2.83. The second-order valence-electron chi connectivity index (χ2n) is 6.78. The second-order valence-corrected chi connectivity index (χ2v) is 6.78. The second kappa shape index (κ2) is 5.44. The van der Waals surface area contributed by atoms with E-state index < -0.39 is 5.54 Å². The van der Waals surface area contributed by atoms with E-state index in [-0.39, 0.29) is 29.8 Å². The van der Waals surface area contributed by atoms with Crippen molar-refractivity contribution >= 4 is 18.3 Å². The van der Waals surface area contributed by atoms with E-state index in [2.05, 4.69) is 19.2 Å². The number of nitrogens with two attached hydrogens (primary N) is 1. The van der Waals surface area contributed by atoms with Crippen molar-refractivity contribution in [1.29, 1.82) is 0 Å². The molecular formula is C14H25ClN2O3. The molecule has 0 radical (unpaired) electrons. The minimum atomic E-state index is -0.751. The Morgan fingerprint density at radius 2 is 1.90 bits per heavy atom. The van der Waals surface area contributed by atoms with Gasteiger partial charge in [-0.15, -0.1) is 12.4 Å². The molecule has 0 aromatic carbocycles. The molecule has 0 spiro atoms. The summed E-state index contributed by atoms with van der Waals surface area (Å²) >= 11 is 0. The number of rotatable bonds is 2. The van der Waals surface area contributed by atoms with Gasteiger partial charge in [0, 0.05) is 37.2 Å². The first-order valence-corrected chi connectivity index (χ1v) is 7.24. The normalized spacial score (nSPS) is 37.2. The third-order valence-electron chi connectivity index (χ3n) is 5.22. The van der Waals surface area contributed by atoms with E-state index in [1.807, 2.05) is 0 Å². The summed E-state index contributed by atoms with van der Waals surface area (Å²) in [5.41, 5.74) is 5.49. The van der Waals surface area contributed by atoms with E-state index in [0.717, 1.165) is 13.0 Å². The first kappa shape index (κ1) is 16.0. The van der Waals surface area contributed by atoms with Gasteiger partial charge in [0.05, 0.1) is 11.6 Å². The standard InChI is InChI=1S/C14H24N2O3.ClH/c1-13(2)10(9-3-6-19-11(9)13)16-12(17)14(15)4-7-18-8-5-14;/h9-11H,3-8,15H2,1-2H3,(H,16,17);1H. The van der Waals surface area contributed by atoms with Gasteiger partial charge < -0.3 is 20.5 Å². The van der Waals surface area contributed by atoms with Gasteiger partial charge in [0.25, 0.3) is 0 Å². The quantitative estimate of drug-likeness (QED) is 0.793. The average molecular weight is 305 g/mol. The lowest BCUT2D eigenvalue weighted by Gasteiger charge is -2.55. The minimum Gasteiger partial charge on any atom is -0.381 e. The first-order chi connectivity index (χ1) is 8.95. The molecule has 1 aliphatic carbocycles. The van der Waals surface area contributed by atoms with Crippen LogP contribution in [0.15, 0.2) is 0 Å². The number of nitrogens with one attached hydrogen (secondary N) is 1. The fraction of sp³-hybridized carbons (Fsp3) is 0.929. The van der Waals surface area contributed by atoms with Crippen LogP contribution in [0.3, 0.4) is 0 Å². The third kappa shape index (κ3) is 2.34. The zero-order chi connectivity index (χ0) is 13.7. The third-order valence-corrected chi connectivity index (χ3v) is 5.22. The van der Waals surface area contributed by atoms with Crippen LogP contribution in [0.25, 0.3) is 0 Å². The summed E-state index contributed by atoms with van der Waals surface area (Å²) in [6, 6.07) is 0.191. The van der Waals surface area contributed by atoms with Crippen LogP contribution < -0.4 is 11.1 Å². The van der Waals surface area contributed by atoms with Crippen molar-refractivity contribution in [3.05, 3.63) is 0 Å². The molecule has 6 heteroatoms. The lowest BCUT2D eigenvalue weighted by atomic mass is 9.57. The molecule has 0 bridgehead atoms. The van der Waals surface area contributed by atoms with Gasteiger partial charge in [-0.25, -0.2) is 0 Å². The Morgan fingerprint density at radius 1 is 1.25 bits per heavy atom. The predicted octanol–water partition coefficient (Wildman–Crippen LogP) is 0.846. The number of amides is 1. The van der Waals surface area contributed by atoms with Crippen molar-refractivity contribution in [3.8, 4) is 0 Å². The molecule has 2 aliphatic heterocycles. The van der Waals surface area contributed by atoms with Crippen LogP contribution in [0.1, 0.15) is 33.1 Å². The van der Waals surface area contributed by atoms with Crippen LogP contribution in [0.4, 0.5) is 0 Å². The maximum absolute atomic E-state index is 12.5. The zero-order valence-electron chi connectivity index (χ0n) is 12.2. The summed E-state index contributed by atoms with van der Waals surface area (Å²) in [5.74, 6) is 0.446. The Labute approximate surface area is 126 Å². The van der Waals surface area contributed by atoms with Gasteiger partial charge >= 0.3 is 0 Å². The number of ether oxygens (including phenoxy) is 2. The van der Waals surface area contributed by atoms with Crippen LogP contribution in [0, 0.1) is 11.3 Å². The molecule has 3 aliphatic rings. The number of carbonyl (C=O) groups is 1. The molecule has 3 unspecified atom stereocenters. The summed E-state index contributed by atoms with van der Waals surface area (Å²) in [7, 11) is 0. The Hall–Kier alpha value is -0.360. The van der Waals surface area contributed by atoms with E-state index in [0.29, 0.717) is 38.1 Å². The van der Waals surface area contributed by atoms with Crippen LogP contribution in [-0.2, 0) is 14.3 Å². The minimum absolute atomic E-state index is 0. The molecule has 0 aromatic rings. The van der Waals surface area contributed by atoms with Gasteiger partial charge in [0.2, 0.25) is 5.91 Å². The highest BCUT2D eigenvalue weighted by Crippen LogP contribution is 2.52. The molecule has 3 fully saturated rings. The molecule has 116 valence electrons. The molecule has 2 saturated heterocycles. The SMILES string of the molecule is CC1(C)C(NC(=O)C2(N)CCOCC2)C2CCOC21.Cl. The van der Waals surface area contributed by atoms with E-state index in [4.69, 9.17) is 15.2 Å². The lowest BCUT2D eigenvalue weighted by molar-refractivity contribution is -0.144. The molecular weight excluding hydrogens is 280 g/mol. The Balaban J connectivity index is 0.00000147. The fourth-order valence-electron chi connectivity index (χ4n) is 3.86. The highest BCUT2D eigenvalue weighted by atomic mass is 35.5. The van der Waals surface area contributed by atoms with Crippen molar-refractivity contribution in [2.24, 2.45) is 17.1 Å². The van der Waals surface area contributed by atoms with Gasteiger partial charge in [0.1, 0.15) is 0 Å². The van der Waals surface area contributed by atoms with Gasteiger partial charge in [-0.05, 0) is 19.3 Å². The van der Waals surface area contributed by atoms with Gasteiger partial charge in [-0.3, -0.25) is 4.79 Å². The van der Waals surface area contributed by atoms with E-state index >= 15 is 0 Å². The molecule has 3 rings (SSSR count). The molecule has 3 atom stereocenters. The predicted molar refractivity (Wildman–Crippen MR) is 77.8 cm³/mol. The smallest absolute Gasteiger partial charge is 0.240 e. The van der Waals surface area contributed by atoms with Gasteiger partial charge in [-0.1, -0.05) is 13.8 Å². The number of halogens is 1. The number of fused-ring (bicyclic) bond motifs is 1. The number of hydrogen-bond acceptors (Lipinski definition) is 4. The summed E-state index contributed by atoms with van der Waals surface area (Å²) in [4.78, 5) is 12.5. The number of hydrogen-bond donors (Lipinski definition) is 2. The molecule has 2 heterocycles. The summed E-state index contributed by atoms with van der Waals surface area (Å²) in [5, 5.41) is 3.19. The summed E-state index contributed by atoms with van der Waals surface area (Å²) in [6.07, 6.45) is 2.55. The van der Waals surface area contributed by atoms with Crippen molar-refractivity contribution < 1.29 is 14.3 Å². The number of carbonyl (C=O) groups excluding carboxylic acids is 1. The van der Waals surface area contributed by atoms with Gasteiger partial charge in [-0.2, -0.15) is 0 Å². The van der Waals surface area contributed by atoms with Crippen LogP contribution in [-0.4, -0.2) is 43.4 Å². The maximum atomic E-state index is 12.5. The first-order valence-electron chi connectivity index (χ1n) is 7.24. The summed E-state index contributed by atoms with van der Waals surface area (Å²) in [6.45, 7) is 6.29. The topological polar surface area (TPSA) is 73.6 Å². The Bertz CT molecular complexity index is 383. The van der Waals surface area contributed by atoms with Crippen molar-refractivity contribution in [3.63, 3.8) is 0 Å². The van der Waals surface area contributed by atoms with Crippen molar-refractivity contribution in [1.82, 2.24) is 5.32 Å². The van der Waals surface area contributed by atoms with Crippen molar-refractivity contribution in [2.45, 2.75) is 50.8 Å². The van der Waals surface area contributed by atoms with Crippen molar-refractivity contribution in [2.75, 3.05) is 19.8 Å². The molecule has 5 nitrogen and oxygen atoms in total. The Kier molecular flexibility index (Phi) is 4.36. The van der Waals surface area contributed by atoms with Crippen LogP contribution >= 0.6 is 12.4 Å². The maximum Gasteiger partial charge on any atom is 0.240 e. The molecule has 1 saturated carbocycles. The van der Waals surface area contributed by atoms with Gasteiger partial charge in [0.15, 0.2) is 0 Å². The van der Waals surface area contributed by atoms with Crippen LogP contribution in [0.2, 0.25) is 0 Å². The lowest BCUT2D eigenvalue weighted by Crippen LogP contribution is -2.70. The highest BCUT2D eigenvalue weighted by molar-refractivity contribution is 5.86. The zero-order valence-corrected chi connectivity index (χ0v) is 13.0. The molecule has 0 aromatic heterocycles. The van der Waals surface area contributed by atoms with E-state index in [9.17, 15) is 4.79 Å². The monoisotopic (exact) mass is 304 g/mol. The summed E-state index contributed by atoms with van der Waals surface area (Å²) < 4.78 is 11.0. The van der Waals surface area contributed by atoms with Crippen LogP contribution in [0.5, 0.6) is 0 Å². The fourth-order valence-corrected chi connectivity index (χ4v) is 3.86. The Morgan fingerprint density at radius 3 is 2.55 bits per heavy atom. The largest absolute Gasteiger partial charge is 0.381 e. The molecule has 20 heavy (non-hydrogen) atoms. The highest BCUT2D eigenvalue weighted by Gasteiger charge is 2.60. The van der Waals surface area contributed by atoms with E-state index in [1.54, 1.807) is 0 Å². The molecule has 3 N–H and O–H groups in total. The van der Waals surface area contributed by atoms with E-state index in [1.165, 1.54) is 0 Å².